The second kappa shape index (κ2) is 7.09. The second-order valence-corrected chi connectivity index (χ2v) is 6.97. The Morgan fingerprint density at radius 2 is 2.08 bits per heavy atom. The lowest BCUT2D eigenvalue weighted by molar-refractivity contribution is -0.0746. The maximum Gasteiger partial charge on any atom is 0.222 e. The van der Waals surface area contributed by atoms with Crippen molar-refractivity contribution in [3.8, 4) is 0 Å². The van der Waals surface area contributed by atoms with Crippen LogP contribution in [0.2, 0.25) is 0 Å². The second-order valence-electron chi connectivity index (χ2n) is 6.97. The molecule has 25 heavy (non-hydrogen) atoms. The summed E-state index contributed by atoms with van der Waals surface area (Å²) in [6, 6.07) is 2.29. The predicted molar refractivity (Wildman–Crippen MR) is 93.2 cm³/mol. The van der Waals surface area contributed by atoms with E-state index in [4.69, 9.17) is 9.26 Å². The average molecular weight is 343 g/mol. The molecule has 1 aliphatic carbocycles. The zero-order valence-corrected chi connectivity index (χ0v) is 14.8. The Bertz CT molecular complexity index is 685. The van der Waals surface area contributed by atoms with Crippen molar-refractivity contribution < 1.29 is 9.26 Å². The summed E-state index contributed by atoms with van der Waals surface area (Å²) in [4.78, 5) is 11.0. The minimum atomic E-state index is 0.269. The highest BCUT2D eigenvalue weighted by atomic mass is 16.5. The van der Waals surface area contributed by atoms with Crippen LogP contribution in [0.3, 0.4) is 0 Å². The Morgan fingerprint density at radius 1 is 1.24 bits per heavy atom. The molecule has 1 unspecified atom stereocenters. The minimum Gasteiger partial charge on any atom is -0.375 e. The maximum atomic E-state index is 6.15. The third-order valence-electron chi connectivity index (χ3n) is 5.47. The molecule has 1 saturated heterocycles. The smallest absolute Gasteiger partial charge is 0.222 e. The van der Waals surface area contributed by atoms with Crippen molar-refractivity contribution in [3.05, 3.63) is 35.5 Å². The largest absolute Gasteiger partial charge is 0.375 e. The van der Waals surface area contributed by atoms with Gasteiger partial charge in [-0.1, -0.05) is 5.16 Å². The van der Waals surface area contributed by atoms with Gasteiger partial charge >= 0.3 is 0 Å². The van der Waals surface area contributed by atoms with E-state index >= 15 is 0 Å². The van der Waals surface area contributed by atoms with Crippen molar-refractivity contribution in [3.63, 3.8) is 0 Å². The zero-order valence-electron chi connectivity index (χ0n) is 14.8. The van der Waals surface area contributed by atoms with Crippen LogP contribution in [0, 0.1) is 19.8 Å². The lowest BCUT2D eigenvalue weighted by Crippen LogP contribution is -2.50. The standard InChI is InChI=1S/C18H25N5O2/c1-12-15(13(2)25-22-12)11-23-8-9-24-17-14(4-5-16(17)23)10-21-18-19-6-3-7-20-18/h3,6-7,14,16-17H,4-5,8-11H2,1-2H3,(H,19,20,21)/t14?,16-,17-/m0/s1. The third-order valence-corrected chi connectivity index (χ3v) is 5.47. The molecule has 0 bridgehead atoms. The van der Waals surface area contributed by atoms with Crippen LogP contribution in [0.1, 0.15) is 29.9 Å². The monoisotopic (exact) mass is 343 g/mol. The number of morpholine rings is 1. The third kappa shape index (κ3) is 3.39. The van der Waals surface area contributed by atoms with E-state index in [1.54, 1.807) is 12.4 Å². The van der Waals surface area contributed by atoms with Crippen molar-refractivity contribution in [2.75, 3.05) is 25.0 Å². The Kier molecular flexibility index (Phi) is 4.67. The minimum absolute atomic E-state index is 0.269. The summed E-state index contributed by atoms with van der Waals surface area (Å²) >= 11 is 0. The van der Waals surface area contributed by atoms with E-state index in [9.17, 15) is 0 Å². The fourth-order valence-corrected chi connectivity index (χ4v) is 4.09. The summed E-state index contributed by atoms with van der Waals surface area (Å²) in [6.07, 6.45) is 6.11. The molecule has 0 spiro atoms. The van der Waals surface area contributed by atoms with Gasteiger partial charge in [-0.15, -0.1) is 0 Å². The summed E-state index contributed by atoms with van der Waals surface area (Å²) in [6.45, 7) is 7.51. The number of rotatable bonds is 5. The van der Waals surface area contributed by atoms with Crippen molar-refractivity contribution >= 4 is 5.95 Å². The van der Waals surface area contributed by atoms with Crippen LogP contribution in [0.15, 0.2) is 23.0 Å². The molecule has 1 saturated carbocycles. The van der Waals surface area contributed by atoms with Gasteiger partial charge in [-0.2, -0.15) is 0 Å². The number of hydrogen-bond donors (Lipinski definition) is 1. The summed E-state index contributed by atoms with van der Waals surface area (Å²) in [7, 11) is 0. The fourth-order valence-electron chi connectivity index (χ4n) is 4.09. The number of aromatic nitrogens is 3. The first-order chi connectivity index (χ1) is 12.2. The highest BCUT2D eigenvalue weighted by Crippen LogP contribution is 2.35. The van der Waals surface area contributed by atoms with Crippen LogP contribution in [0.4, 0.5) is 5.95 Å². The number of ether oxygens (including phenoxy) is 1. The fraction of sp³-hybridized carbons (Fsp3) is 0.611. The SMILES string of the molecule is Cc1noc(C)c1CN1CCO[C@H]2C(CNc3ncccn3)CC[C@@H]21. The van der Waals surface area contributed by atoms with Crippen molar-refractivity contribution in [2.24, 2.45) is 5.92 Å². The molecule has 7 nitrogen and oxygen atoms in total. The summed E-state index contributed by atoms with van der Waals surface area (Å²) in [5, 5.41) is 7.44. The number of anilines is 1. The Hall–Kier alpha value is -1.99. The number of nitrogens with zero attached hydrogens (tertiary/aromatic N) is 4. The molecular formula is C18H25N5O2. The molecule has 2 aliphatic rings. The molecular weight excluding hydrogens is 318 g/mol. The molecule has 2 aromatic rings. The van der Waals surface area contributed by atoms with Crippen molar-refractivity contribution in [1.29, 1.82) is 0 Å². The molecule has 1 aliphatic heterocycles. The molecule has 0 radical (unpaired) electrons. The molecule has 0 amide bonds. The number of fused-ring (bicyclic) bond motifs is 1. The molecule has 1 N–H and O–H groups in total. The highest BCUT2D eigenvalue weighted by Gasteiger charge is 2.42. The van der Waals surface area contributed by atoms with Gasteiger partial charge in [-0.05, 0) is 32.8 Å². The van der Waals surface area contributed by atoms with E-state index in [2.05, 4.69) is 25.3 Å². The average Bonchev–Trinajstić information content (AvgIpc) is 3.20. The van der Waals surface area contributed by atoms with E-state index < -0.39 is 0 Å². The van der Waals surface area contributed by atoms with Gasteiger partial charge in [0.05, 0.1) is 18.4 Å². The molecule has 0 aromatic carbocycles. The zero-order chi connectivity index (χ0) is 17.2. The molecule has 4 rings (SSSR count). The summed E-state index contributed by atoms with van der Waals surface area (Å²) in [5.74, 6) is 2.11. The molecule has 2 fully saturated rings. The van der Waals surface area contributed by atoms with Gasteiger partial charge in [0.15, 0.2) is 0 Å². The van der Waals surface area contributed by atoms with Gasteiger partial charge in [-0.25, -0.2) is 9.97 Å². The van der Waals surface area contributed by atoms with Gasteiger partial charge in [0.2, 0.25) is 5.95 Å². The number of hydrogen-bond acceptors (Lipinski definition) is 7. The first-order valence-corrected chi connectivity index (χ1v) is 9.00. The molecule has 134 valence electrons. The van der Waals surface area contributed by atoms with Gasteiger partial charge in [0.1, 0.15) is 5.76 Å². The topological polar surface area (TPSA) is 76.3 Å². The quantitative estimate of drug-likeness (QED) is 0.891. The van der Waals surface area contributed by atoms with Crippen LogP contribution in [0.5, 0.6) is 0 Å². The molecule has 7 heteroatoms. The van der Waals surface area contributed by atoms with Crippen LogP contribution in [-0.4, -0.2) is 51.9 Å². The van der Waals surface area contributed by atoms with Crippen LogP contribution < -0.4 is 5.32 Å². The van der Waals surface area contributed by atoms with Crippen LogP contribution in [-0.2, 0) is 11.3 Å². The van der Waals surface area contributed by atoms with Crippen molar-refractivity contribution in [1.82, 2.24) is 20.0 Å². The van der Waals surface area contributed by atoms with E-state index in [0.717, 1.165) is 50.5 Å². The van der Waals surface area contributed by atoms with Crippen LogP contribution >= 0.6 is 0 Å². The van der Waals surface area contributed by atoms with Gasteiger partial charge in [0, 0.05) is 49.6 Å². The van der Waals surface area contributed by atoms with E-state index in [-0.39, 0.29) is 6.10 Å². The van der Waals surface area contributed by atoms with E-state index in [1.807, 2.05) is 19.9 Å². The number of nitrogens with one attached hydrogen (secondary N) is 1. The number of aryl methyl sites for hydroxylation is 2. The first-order valence-electron chi connectivity index (χ1n) is 9.00. The molecule has 3 atom stereocenters. The normalized spacial score (nSPS) is 26.6. The van der Waals surface area contributed by atoms with Gasteiger partial charge in [-0.3, -0.25) is 4.90 Å². The first kappa shape index (κ1) is 16.5. The Morgan fingerprint density at radius 3 is 2.84 bits per heavy atom. The lowest BCUT2D eigenvalue weighted by Gasteiger charge is -2.39. The summed E-state index contributed by atoms with van der Waals surface area (Å²) < 4.78 is 11.5. The van der Waals surface area contributed by atoms with E-state index in [1.165, 1.54) is 5.56 Å². The van der Waals surface area contributed by atoms with E-state index in [0.29, 0.717) is 17.9 Å². The molecule has 2 aromatic heterocycles. The lowest BCUT2D eigenvalue weighted by atomic mass is 10.0. The van der Waals surface area contributed by atoms with Gasteiger partial charge in [0.25, 0.3) is 0 Å². The Labute approximate surface area is 147 Å². The summed E-state index contributed by atoms with van der Waals surface area (Å²) in [5.41, 5.74) is 2.22. The van der Waals surface area contributed by atoms with Crippen molar-refractivity contribution in [2.45, 2.75) is 45.4 Å². The van der Waals surface area contributed by atoms with Gasteiger partial charge < -0.3 is 14.6 Å². The maximum absolute atomic E-state index is 6.15. The Balaban J connectivity index is 1.40. The van der Waals surface area contributed by atoms with Crippen LogP contribution in [0.25, 0.3) is 0 Å². The predicted octanol–water partition coefficient (Wildman–Crippen LogP) is 2.17. The highest BCUT2D eigenvalue weighted by molar-refractivity contribution is 5.23. The molecule has 3 heterocycles.